The third kappa shape index (κ3) is 9.13. The number of nitrogens with one attached hydrogen (secondary N) is 3. The van der Waals surface area contributed by atoms with E-state index in [1.807, 2.05) is 0 Å². The Kier molecular flexibility index (Phi) is 10.2. The van der Waals surface area contributed by atoms with Crippen molar-refractivity contribution >= 4 is 47.5 Å². The van der Waals surface area contributed by atoms with Crippen LogP contribution in [0.2, 0.25) is 5.02 Å². The fourth-order valence-electron chi connectivity index (χ4n) is 3.14. The Labute approximate surface area is 196 Å². The molecule has 10 heteroatoms. The normalized spacial score (nSPS) is 14.9. The molecule has 0 spiro atoms. The topological polar surface area (TPSA) is 121 Å². The summed E-state index contributed by atoms with van der Waals surface area (Å²) in [7, 11) is 0. The minimum Gasteiger partial charge on any atom is -0.356 e. The molecule has 0 bridgehead atoms. The molecule has 1 aliphatic rings. The molecule has 1 aromatic rings. The smallest absolute Gasteiger partial charge is 0.244 e. The summed E-state index contributed by atoms with van der Waals surface area (Å²) in [5.41, 5.74) is 0.153. The summed E-state index contributed by atoms with van der Waals surface area (Å²) in [6, 6.07) is 1.90. The molecular formula is C23H27ClFN3O5. The average Bonchev–Trinajstić information content (AvgIpc) is 3.59. The van der Waals surface area contributed by atoms with Gasteiger partial charge in [0.1, 0.15) is 11.9 Å². The zero-order valence-electron chi connectivity index (χ0n) is 18.2. The summed E-state index contributed by atoms with van der Waals surface area (Å²) in [6.07, 6.45) is 4.56. The quantitative estimate of drug-likeness (QED) is 0.227. The molecule has 1 saturated carbocycles. The van der Waals surface area contributed by atoms with Crippen molar-refractivity contribution in [3.8, 4) is 0 Å². The highest BCUT2D eigenvalue weighted by Gasteiger charge is 2.32. The van der Waals surface area contributed by atoms with E-state index in [2.05, 4.69) is 16.0 Å². The van der Waals surface area contributed by atoms with Crippen LogP contribution in [0.5, 0.6) is 0 Å². The SMILES string of the molecule is CCNC(=O)CCC(NC(=O)C(CC1CC1)NC(=O)/C=C/c1ccc(Cl)cc1F)C(=O)C=O. The van der Waals surface area contributed by atoms with E-state index in [9.17, 15) is 28.4 Å². The zero-order chi connectivity index (χ0) is 24.4. The lowest BCUT2D eigenvalue weighted by Gasteiger charge is -2.21. The second-order valence-electron chi connectivity index (χ2n) is 7.81. The van der Waals surface area contributed by atoms with Gasteiger partial charge < -0.3 is 16.0 Å². The maximum atomic E-state index is 13.9. The number of amides is 3. The monoisotopic (exact) mass is 479 g/mol. The Morgan fingerprint density at radius 3 is 2.52 bits per heavy atom. The molecule has 3 N–H and O–H groups in total. The second kappa shape index (κ2) is 12.8. The third-order valence-electron chi connectivity index (χ3n) is 5.09. The molecule has 0 radical (unpaired) electrons. The van der Waals surface area contributed by atoms with E-state index < -0.39 is 35.5 Å². The van der Waals surface area contributed by atoms with Crippen molar-refractivity contribution in [2.45, 2.75) is 51.1 Å². The number of carbonyl (C=O) groups is 5. The van der Waals surface area contributed by atoms with Crippen molar-refractivity contribution < 1.29 is 28.4 Å². The molecule has 0 aromatic heterocycles. The van der Waals surface area contributed by atoms with Crippen LogP contribution in [0.3, 0.4) is 0 Å². The van der Waals surface area contributed by atoms with Gasteiger partial charge in [0, 0.05) is 29.6 Å². The van der Waals surface area contributed by atoms with E-state index in [0.29, 0.717) is 13.0 Å². The van der Waals surface area contributed by atoms with Gasteiger partial charge in [-0.25, -0.2) is 4.39 Å². The predicted octanol–water partition coefficient (Wildman–Crippen LogP) is 1.95. The molecule has 2 atom stereocenters. The molecule has 8 nitrogen and oxygen atoms in total. The van der Waals surface area contributed by atoms with Crippen molar-refractivity contribution in [1.29, 1.82) is 0 Å². The molecule has 0 saturated heterocycles. The highest BCUT2D eigenvalue weighted by molar-refractivity contribution is 6.30. The summed E-state index contributed by atoms with van der Waals surface area (Å²) >= 11 is 5.71. The van der Waals surface area contributed by atoms with Gasteiger partial charge in [0.25, 0.3) is 0 Å². The number of Topliss-reactive ketones (excluding diaryl/α,β-unsaturated/α-hetero) is 1. The first-order valence-corrected chi connectivity index (χ1v) is 11.1. The molecule has 2 unspecified atom stereocenters. The van der Waals surface area contributed by atoms with E-state index >= 15 is 0 Å². The maximum Gasteiger partial charge on any atom is 0.244 e. The molecule has 0 aliphatic heterocycles. The first kappa shape index (κ1) is 26.2. The van der Waals surface area contributed by atoms with Crippen LogP contribution in [0.15, 0.2) is 24.3 Å². The second-order valence-corrected chi connectivity index (χ2v) is 8.25. The minimum atomic E-state index is -1.17. The molecule has 1 aromatic carbocycles. The van der Waals surface area contributed by atoms with Crippen LogP contribution < -0.4 is 16.0 Å². The van der Waals surface area contributed by atoms with Crippen LogP contribution in [0, 0.1) is 11.7 Å². The standard InChI is InChI=1S/C23H27ClFN3O5/c1-2-26-21(31)10-8-18(20(30)13-29)28-23(33)19(11-14-3-4-14)27-22(32)9-6-15-5-7-16(24)12-17(15)25/h5-7,9,12-14,18-19H,2-4,8,10-11H2,1H3,(H,26,31)(H,27,32)(H,28,33)/b9-6+. The van der Waals surface area contributed by atoms with E-state index in [1.165, 1.54) is 18.2 Å². The Morgan fingerprint density at radius 1 is 1.18 bits per heavy atom. The number of carbonyl (C=O) groups excluding carboxylic acids is 5. The minimum absolute atomic E-state index is 0.0466. The van der Waals surface area contributed by atoms with Crippen LogP contribution in [-0.4, -0.2) is 48.4 Å². The van der Waals surface area contributed by atoms with Crippen LogP contribution in [-0.2, 0) is 24.0 Å². The van der Waals surface area contributed by atoms with Crippen molar-refractivity contribution in [1.82, 2.24) is 16.0 Å². The lowest BCUT2D eigenvalue weighted by atomic mass is 10.0. The van der Waals surface area contributed by atoms with Gasteiger partial charge in [0.2, 0.25) is 23.5 Å². The molecular weight excluding hydrogens is 453 g/mol. The fourth-order valence-corrected chi connectivity index (χ4v) is 3.30. The number of hydrogen-bond donors (Lipinski definition) is 3. The molecule has 1 fully saturated rings. The van der Waals surface area contributed by atoms with Crippen molar-refractivity contribution in [2.75, 3.05) is 6.54 Å². The van der Waals surface area contributed by atoms with Gasteiger partial charge in [-0.15, -0.1) is 0 Å². The van der Waals surface area contributed by atoms with E-state index in [4.69, 9.17) is 11.6 Å². The van der Waals surface area contributed by atoms with Gasteiger partial charge in [-0.1, -0.05) is 30.5 Å². The van der Waals surface area contributed by atoms with Crippen molar-refractivity contribution in [3.63, 3.8) is 0 Å². The first-order valence-electron chi connectivity index (χ1n) is 10.7. The summed E-state index contributed by atoms with van der Waals surface area (Å²) in [5, 5.41) is 7.85. The Hall–Kier alpha value is -3.07. The molecule has 178 valence electrons. The summed E-state index contributed by atoms with van der Waals surface area (Å²) in [6.45, 7) is 2.16. The molecule has 1 aliphatic carbocycles. The lowest BCUT2D eigenvalue weighted by Crippen LogP contribution is -2.52. The number of rotatable bonds is 13. The van der Waals surface area contributed by atoms with Crippen LogP contribution in [0.4, 0.5) is 4.39 Å². The van der Waals surface area contributed by atoms with Gasteiger partial charge in [-0.2, -0.15) is 0 Å². The van der Waals surface area contributed by atoms with Gasteiger partial charge >= 0.3 is 0 Å². The van der Waals surface area contributed by atoms with Gasteiger partial charge in [-0.3, -0.25) is 24.0 Å². The van der Waals surface area contributed by atoms with Crippen LogP contribution >= 0.6 is 11.6 Å². The van der Waals surface area contributed by atoms with E-state index in [1.54, 1.807) is 6.92 Å². The number of ketones is 1. The zero-order valence-corrected chi connectivity index (χ0v) is 19.0. The van der Waals surface area contributed by atoms with Crippen molar-refractivity contribution in [3.05, 3.63) is 40.7 Å². The van der Waals surface area contributed by atoms with E-state index in [0.717, 1.165) is 25.0 Å². The van der Waals surface area contributed by atoms with E-state index in [-0.39, 0.29) is 41.5 Å². The lowest BCUT2D eigenvalue weighted by molar-refractivity contribution is -0.134. The molecule has 0 heterocycles. The molecule has 2 rings (SSSR count). The Morgan fingerprint density at radius 2 is 1.91 bits per heavy atom. The highest BCUT2D eigenvalue weighted by atomic mass is 35.5. The third-order valence-corrected chi connectivity index (χ3v) is 5.32. The Bertz CT molecular complexity index is 933. The first-order chi connectivity index (χ1) is 15.7. The molecule has 3 amide bonds. The number of halogens is 2. The van der Waals surface area contributed by atoms with Gasteiger partial charge in [0.15, 0.2) is 6.29 Å². The van der Waals surface area contributed by atoms with Crippen molar-refractivity contribution in [2.24, 2.45) is 5.92 Å². The predicted molar refractivity (Wildman–Crippen MR) is 121 cm³/mol. The van der Waals surface area contributed by atoms with Crippen LogP contribution in [0.25, 0.3) is 6.08 Å². The maximum absolute atomic E-state index is 13.9. The fraction of sp³-hybridized carbons (Fsp3) is 0.435. The number of aldehydes is 1. The van der Waals surface area contributed by atoms with Crippen LogP contribution in [0.1, 0.15) is 44.6 Å². The summed E-state index contributed by atoms with van der Waals surface area (Å²) in [5.74, 6) is -2.75. The Balaban J connectivity index is 2.03. The summed E-state index contributed by atoms with van der Waals surface area (Å²) < 4.78 is 13.9. The van der Waals surface area contributed by atoms with Gasteiger partial charge in [0.05, 0.1) is 6.04 Å². The molecule has 33 heavy (non-hydrogen) atoms. The summed E-state index contributed by atoms with van der Waals surface area (Å²) in [4.78, 5) is 59.8. The largest absolute Gasteiger partial charge is 0.356 e. The highest BCUT2D eigenvalue weighted by Crippen LogP contribution is 2.33. The number of hydrogen-bond acceptors (Lipinski definition) is 5. The van der Waals surface area contributed by atoms with Gasteiger partial charge in [-0.05, 0) is 43.9 Å². The average molecular weight is 480 g/mol. The number of benzene rings is 1.